The third-order valence-electron chi connectivity index (χ3n) is 3.80. The van der Waals surface area contributed by atoms with Crippen molar-refractivity contribution < 1.29 is 0 Å². The molecule has 1 fully saturated rings. The third-order valence-corrected chi connectivity index (χ3v) is 4.58. The Morgan fingerprint density at radius 1 is 1.47 bits per heavy atom. The maximum Gasteiger partial charge on any atom is 0.103 e. The van der Waals surface area contributed by atoms with Crippen molar-refractivity contribution in [2.75, 3.05) is 17.7 Å². The van der Waals surface area contributed by atoms with Gasteiger partial charge in [-0.3, -0.25) is 0 Å². The largest absolute Gasteiger partial charge is 0.366 e. The van der Waals surface area contributed by atoms with Crippen LogP contribution in [-0.2, 0) is 0 Å². The van der Waals surface area contributed by atoms with E-state index in [2.05, 4.69) is 24.0 Å². The molecule has 1 aliphatic rings. The summed E-state index contributed by atoms with van der Waals surface area (Å²) >= 11 is 1.63. The molecule has 0 amide bonds. The number of nitriles is 1. The van der Waals surface area contributed by atoms with Gasteiger partial charge in [-0.05, 0) is 44.6 Å². The third kappa shape index (κ3) is 2.88. The van der Waals surface area contributed by atoms with Crippen LogP contribution in [0.1, 0.15) is 31.7 Å². The highest BCUT2D eigenvalue weighted by atomic mass is 32.2. The molecule has 0 aromatic heterocycles. The molecule has 102 valence electrons. The van der Waals surface area contributed by atoms with Crippen LogP contribution in [0.15, 0.2) is 23.1 Å². The molecule has 0 spiro atoms. The fraction of sp³-hybridized carbons (Fsp3) is 0.533. The van der Waals surface area contributed by atoms with Crippen molar-refractivity contribution in [1.29, 1.82) is 5.26 Å². The average Bonchev–Trinajstić information content (AvgIpc) is 2.46. The van der Waals surface area contributed by atoms with Crippen LogP contribution in [0.4, 0.5) is 5.69 Å². The van der Waals surface area contributed by atoms with Crippen molar-refractivity contribution in [2.24, 2.45) is 5.73 Å². The Hall–Kier alpha value is -1.18. The Bertz CT molecular complexity index is 479. The Labute approximate surface area is 119 Å². The number of thioether (sulfide) groups is 1. The standard InChI is InChI=1S/C15H21N3S/c1-11(17)13-6-3-4-9-18(13)14-7-5-8-15(19-2)12(14)10-16/h5,7-8,11,13H,3-4,6,9,17H2,1-2H3. The first-order chi connectivity index (χ1) is 9.19. The molecule has 2 N–H and O–H groups in total. The number of hydrogen-bond donors (Lipinski definition) is 1. The Balaban J connectivity index is 2.42. The van der Waals surface area contributed by atoms with Crippen molar-refractivity contribution in [3.05, 3.63) is 23.8 Å². The molecule has 0 saturated carbocycles. The summed E-state index contributed by atoms with van der Waals surface area (Å²) in [5, 5.41) is 9.46. The summed E-state index contributed by atoms with van der Waals surface area (Å²) in [4.78, 5) is 3.39. The highest BCUT2D eigenvalue weighted by molar-refractivity contribution is 7.98. The van der Waals surface area contributed by atoms with Gasteiger partial charge in [-0.1, -0.05) is 6.07 Å². The first-order valence-electron chi connectivity index (χ1n) is 6.78. The molecule has 0 radical (unpaired) electrons. The van der Waals surface area contributed by atoms with Crippen LogP contribution < -0.4 is 10.6 Å². The number of anilines is 1. The maximum atomic E-state index is 9.46. The molecule has 1 aliphatic heterocycles. The van der Waals surface area contributed by atoms with E-state index in [1.165, 1.54) is 12.8 Å². The smallest absolute Gasteiger partial charge is 0.103 e. The minimum atomic E-state index is 0.129. The molecule has 1 aromatic carbocycles. The summed E-state index contributed by atoms with van der Waals surface area (Å²) in [5.74, 6) is 0. The normalized spacial score (nSPS) is 20.9. The summed E-state index contributed by atoms with van der Waals surface area (Å²) in [6, 6.07) is 8.95. The van der Waals surface area contributed by atoms with Crippen LogP contribution >= 0.6 is 11.8 Å². The fourth-order valence-corrected chi connectivity index (χ4v) is 3.41. The predicted octanol–water partition coefficient (Wildman–Crippen LogP) is 2.99. The maximum absolute atomic E-state index is 9.46. The van der Waals surface area contributed by atoms with E-state index in [1.54, 1.807) is 11.8 Å². The number of rotatable bonds is 3. The summed E-state index contributed by atoms with van der Waals surface area (Å²) in [6.45, 7) is 3.06. The van der Waals surface area contributed by atoms with Gasteiger partial charge in [0.25, 0.3) is 0 Å². The second-order valence-corrected chi connectivity index (χ2v) is 5.93. The van der Waals surface area contributed by atoms with E-state index in [0.29, 0.717) is 6.04 Å². The van der Waals surface area contributed by atoms with Gasteiger partial charge in [-0.15, -0.1) is 11.8 Å². The van der Waals surface area contributed by atoms with Gasteiger partial charge in [0.05, 0.1) is 11.3 Å². The lowest BCUT2D eigenvalue weighted by Gasteiger charge is -2.40. The minimum absolute atomic E-state index is 0.129. The number of hydrogen-bond acceptors (Lipinski definition) is 4. The van der Waals surface area contributed by atoms with Crippen LogP contribution in [-0.4, -0.2) is 24.9 Å². The molecule has 2 atom stereocenters. The van der Waals surface area contributed by atoms with Crippen LogP contribution in [0.25, 0.3) is 0 Å². The predicted molar refractivity (Wildman–Crippen MR) is 81.6 cm³/mol. The summed E-state index contributed by atoms with van der Waals surface area (Å²) < 4.78 is 0. The van der Waals surface area contributed by atoms with Gasteiger partial charge < -0.3 is 10.6 Å². The zero-order valence-electron chi connectivity index (χ0n) is 11.6. The van der Waals surface area contributed by atoms with Crippen molar-refractivity contribution >= 4 is 17.4 Å². The van der Waals surface area contributed by atoms with Gasteiger partial charge in [0, 0.05) is 23.5 Å². The van der Waals surface area contributed by atoms with E-state index < -0.39 is 0 Å². The van der Waals surface area contributed by atoms with Crippen molar-refractivity contribution in [1.82, 2.24) is 0 Å². The lowest BCUT2D eigenvalue weighted by Crippen LogP contribution is -2.49. The van der Waals surface area contributed by atoms with E-state index >= 15 is 0 Å². The quantitative estimate of drug-likeness (QED) is 0.862. The number of nitrogens with two attached hydrogens (primary N) is 1. The second kappa shape index (κ2) is 6.31. The molecule has 1 heterocycles. The Morgan fingerprint density at radius 2 is 2.26 bits per heavy atom. The Morgan fingerprint density at radius 3 is 2.89 bits per heavy atom. The van der Waals surface area contributed by atoms with E-state index in [0.717, 1.165) is 29.1 Å². The van der Waals surface area contributed by atoms with E-state index in [-0.39, 0.29) is 6.04 Å². The van der Waals surface area contributed by atoms with Gasteiger partial charge >= 0.3 is 0 Å². The van der Waals surface area contributed by atoms with E-state index in [4.69, 9.17) is 5.73 Å². The number of piperidine rings is 1. The van der Waals surface area contributed by atoms with Gasteiger partial charge in [0.15, 0.2) is 0 Å². The molecular weight excluding hydrogens is 254 g/mol. The number of benzene rings is 1. The van der Waals surface area contributed by atoms with Crippen LogP contribution in [0.5, 0.6) is 0 Å². The Kier molecular flexibility index (Phi) is 4.73. The highest BCUT2D eigenvalue weighted by Gasteiger charge is 2.27. The molecule has 0 aliphatic carbocycles. The zero-order valence-corrected chi connectivity index (χ0v) is 12.4. The topological polar surface area (TPSA) is 53.0 Å². The fourth-order valence-electron chi connectivity index (χ4n) is 2.84. The summed E-state index contributed by atoms with van der Waals surface area (Å²) in [6.07, 6.45) is 5.54. The molecular formula is C15H21N3S. The second-order valence-electron chi connectivity index (χ2n) is 5.08. The molecule has 4 heteroatoms. The summed E-state index contributed by atoms with van der Waals surface area (Å²) in [7, 11) is 0. The van der Waals surface area contributed by atoms with Gasteiger partial charge in [0.1, 0.15) is 6.07 Å². The van der Waals surface area contributed by atoms with E-state index in [9.17, 15) is 5.26 Å². The first-order valence-corrected chi connectivity index (χ1v) is 8.01. The van der Waals surface area contributed by atoms with Gasteiger partial charge in [-0.25, -0.2) is 0 Å². The lowest BCUT2D eigenvalue weighted by molar-refractivity contribution is 0.413. The van der Waals surface area contributed by atoms with Crippen LogP contribution in [0, 0.1) is 11.3 Å². The minimum Gasteiger partial charge on any atom is -0.366 e. The average molecular weight is 275 g/mol. The van der Waals surface area contributed by atoms with Crippen LogP contribution in [0.2, 0.25) is 0 Å². The molecule has 19 heavy (non-hydrogen) atoms. The van der Waals surface area contributed by atoms with Crippen molar-refractivity contribution in [3.63, 3.8) is 0 Å². The zero-order chi connectivity index (χ0) is 13.8. The van der Waals surface area contributed by atoms with E-state index in [1.807, 2.05) is 18.4 Å². The molecule has 1 aromatic rings. The molecule has 2 unspecified atom stereocenters. The highest BCUT2D eigenvalue weighted by Crippen LogP contribution is 2.33. The first kappa shape index (κ1) is 14.2. The van der Waals surface area contributed by atoms with Crippen LogP contribution in [0.3, 0.4) is 0 Å². The SMILES string of the molecule is CSc1cccc(N2CCCCC2C(C)N)c1C#N. The van der Waals surface area contributed by atoms with Gasteiger partial charge in [0.2, 0.25) is 0 Å². The molecule has 0 bridgehead atoms. The van der Waals surface area contributed by atoms with Gasteiger partial charge in [-0.2, -0.15) is 5.26 Å². The van der Waals surface area contributed by atoms with Crippen molar-refractivity contribution in [2.45, 2.75) is 43.2 Å². The monoisotopic (exact) mass is 275 g/mol. The molecule has 3 nitrogen and oxygen atoms in total. The molecule has 2 rings (SSSR count). The number of nitrogens with zero attached hydrogens (tertiary/aromatic N) is 2. The molecule has 1 saturated heterocycles. The lowest BCUT2D eigenvalue weighted by atomic mass is 9.95. The van der Waals surface area contributed by atoms with Crippen molar-refractivity contribution in [3.8, 4) is 6.07 Å². The summed E-state index contributed by atoms with van der Waals surface area (Å²) in [5.41, 5.74) is 7.97.